The van der Waals surface area contributed by atoms with E-state index in [-0.39, 0.29) is 11.7 Å². The van der Waals surface area contributed by atoms with Crippen LogP contribution in [-0.2, 0) is 11.3 Å². The van der Waals surface area contributed by atoms with Gasteiger partial charge in [0.2, 0.25) is 5.91 Å². The van der Waals surface area contributed by atoms with Crippen molar-refractivity contribution >= 4 is 58.1 Å². The summed E-state index contributed by atoms with van der Waals surface area (Å²) >= 11 is 24.5. The highest BCUT2D eigenvalue weighted by Gasteiger charge is 2.22. The molecule has 0 saturated heterocycles. The van der Waals surface area contributed by atoms with Crippen LogP contribution >= 0.6 is 46.4 Å². The summed E-state index contributed by atoms with van der Waals surface area (Å²) in [5, 5.41) is 13.0. The molecule has 2 heterocycles. The van der Waals surface area contributed by atoms with Gasteiger partial charge >= 0.3 is 0 Å². The zero-order chi connectivity index (χ0) is 19.6. The molecule has 3 rings (SSSR count). The summed E-state index contributed by atoms with van der Waals surface area (Å²) in [6.45, 7) is 2.19. The van der Waals surface area contributed by atoms with E-state index in [9.17, 15) is 4.79 Å². The number of benzene rings is 1. The summed E-state index contributed by atoms with van der Waals surface area (Å²) < 4.78 is 3.07. The largest absolute Gasteiger partial charge is 0.306 e. The van der Waals surface area contributed by atoms with Crippen molar-refractivity contribution in [3.63, 3.8) is 0 Å². The van der Waals surface area contributed by atoms with Crippen molar-refractivity contribution in [2.45, 2.75) is 25.9 Å². The Labute approximate surface area is 176 Å². The highest BCUT2D eigenvalue weighted by atomic mass is 35.5. The number of carbonyl (C=O) groups is 1. The maximum absolute atomic E-state index is 12.6. The second kappa shape index (κ2) is 8.52. The van der Waals surface area contributed by atoms with E-state index >= 15 is 0 Å². The smallest absolute Gasteiger partial charge is 0.250 e. The van der Waals surface area contributed by atoms with Crippen molar-refractivity contribution in [3.05, 3.63) is 62.4 Å². The summed E-state index contributed by atoms with van der Waals surface area (Å²) in [6, 6.07) is 4.73. The number of nitrogens with one attached hydrogen (secondary N) is 1. The first-order valence-corrected chi connectivity index (χ1v) is 9.56. The quantitative estimate of drug-likeness (QED) is 0.556. The maximum Gasteiger partial charge on any atom is 0.250 e. The van der Waals surface area contributed by atoms with Gasteiger partial charge in [-0.15, -0.1) is 0 Å². The molecule has 2 aromatic heterocycles. The normalized spacial score (nSPS) is 12.2. The molecule has 10 heteroatoms. The van der Waals surface area contributed by atoms with Crippen LogP contribution in [0.2, 0.25) is 20.1 Å². The lowest BCUT2D eigenvalue weighted by atomic mass is 10.2. The van der Waals surface area contributed by atoms with Crippen molar-refractivity contribution in [2.75, 3.05) is 5.32 Å². The first-order chi connectivity index (χ1) is 12.9. The summed E-state index contributed by atoms with van der Waals surface area (Å²) in [7, 11) is 0. The van der Waals surface area contributed by atoms with Crippen molar-refractivity contribution in [3.8, 4) is 0 Å². The fourth-order valence-electron chi connectivity index (χ4n) is 2.59. The molecule has 0 spiro atoms. The molecule has 0 aliphatic rings. The van der Waals surface area contributed by atoms with Gasteiger partial charge in [-0.1, -0.05) is 59.4 Å². The van der Waals surface area contributed by atoms with Crippen LogP contribution in [-0.4, -0.2) is 25.5 Å². The minimum atomic E-state index is -0.531. The molecule has 1 amide bonds. The molecule has 0 radical (unpaired) electrons. The maximum atomic E-state index is 12.6. The van der Waals surface area contributed by atoms with E-state index < -0.39 is 6.04 Å². The van der Waals surface area contributed by atoms with Crippen LogP contribution in [0.3, 0.4) is 0 Å². The predicted octanol–water partition coefficient (Wildman–Crippen LogP) is 5.33. The second-order valence-corrected chi connectivity index (χ2v) is 7.43. The van der Waals surface area contributed by atoms with E-state index in [0.29, 0.717) is 33.1 Å². The van der Waals surface area contributed by atoms with Crippen molar-refractivity contribution in [1.82, 2.24) is 19.6 Å². The Balaban J connectivity index is 1.77. The number of nitrogens with zero attached hydrogens (tertiary/aromatic N) is 4. The summed E-state index contributed by atoms with van der Waals surface area (Å²) in [4.78, 5) is 12.6. The number of hydrogen-bond donors (Lipinski definition) is 1. The topological polar surface area (TPSA) is 64.7 Å². The minimum absolute atomic E-state index is 0.251. The third-order valence-corrected chi connectivity index (χ3v) is 5.10. The van der Waals surface area contributed by atoms with Crippen LogP contribution in [0.15, 0.2) is 36.8 Å². The van der Waals surface area contributed by atoms with Gasteiger partial charge in [-0.2, -0.15) is 10.2 Å². The fourth-order valence-corrected chi connectivity index (χ4v) is 3.44. The molecule has 142 valence electrons. The summed E-state index contributed by atoms with van der Waals surface area (Å²) in [6.07, 6.45) is 5.20. The van der Waals surface area contributed by atoms with Gasteiger partial charge in [0.05, 0.1) is 17.8 Å². The van der Waals surface area contributed by atoms with Crippen molar-refractivity contribution in [2.24, 2.45) is 0 Å². The van der Waals surface area contributed by atoms with Gasteiger partial charge in [0.25, 0.3) is 0 Å². The lowest BCUT2D eigenvalue weighted by Crippen LogP contribution is -2.26. The third-order valence-electron chi connectivity index (χ3n) is 3.92. The van der Waals surface area contributed by atoms with Gasteiger partial charge < -0.3 is 5.32 Å². The molecular formula is C17H15Cl4N5O. The summed E-state index contributed by atoms with van der Waals surface area (Å²) in [5.74, 6) is -0.0401. The van der Waals surface area contributed by atoms with E-state index in [0.717, 1.165) is 5.56 Å². The number of amides is 1. The van der Waals surface area contributed by atoms with Crippen LogP contribution in [0.5, 0.6) is 0 Å². The van der Waals surface area contributed by atoms with Gasteiger partial charge in [0.15, 0.2) is 5.82 Å². The fraction of sp³-hybridized carbons (Fsp3) is 0.235. The number of hydrogen-bond acceptors (Lipinski definition) is 3. The van der Waals surface area contributed by atoms with E-state index in [1.807, 2.05) is 6.92 Å². The van der Waals surface area contributed by atoms with Crippen molar-refractivity contribution in [1.29, 1.82) is 0 Å². The molecule has 1 N–H and O–H groups in total. The number of rotatable bonds is 6. The van der Waals surface area contributed by atoms with E-state index in [2.05, 4.69) is 15.5 Å². The Bertz CT molecular complexity index is 948. The highest BCUT2D eigenvalue weighted by Crippen LogP contribution is 2.27. The van der Waals surface area contributed by atoms with Crippen molar-refractivity contribution < 1.29 is 4.79 Å². The molecule has 1 unspecified atom stereocenters. The Hall–Kier alpha value is -1.73. The monoisotopic (exact) mass is 445 g/mol. The molecule has 6 nitrogen and oxygen atoms in total. The predicted molar refractivity (Wildman–Crippen MR) is 108 cm³/mol. The molecule has 27 heavy (non-hydrogen) atoms. The zero-order valence-electron chi connectivity index (χ0n) is 14.2. The minimum Gasteiger partial charge on any atom is -0.306 e. The first kappa shape index (κ1) is 20.0. The Morgan fingerprint density at radius 3 is 2.44 bits per heavy atom. The number of anilines is 1. The summed E-state index contributed by atoms with van der Waals surface area (Å²) in [5.41, 5.74) is 0.718. The van der Waals surface area contributed by atoms with Gasteiger partial charge in [-0.3, -0.25) is 14.2 Å². The average molecular weight is 447 g/mol. The van der Waals surface area contributed by atoms with E-state index in [1.54, 1.807) is 35.3 Å². The van der Waals surface area contributed by atoms with Gasteiger partial charge in [-0.05, 0) is 18.6 Å². The number of carbonyl (C=O) groups excluding carboxylic acids is 1. The first-order valence-electron chi connectivity index (χ1n) is 8.05. The zero-order valence-corrected chi connectivity index (χ0v) is 17.2. The van der Waals surface area contributed by atoms with Crippen LogP contribution in [0.25, 0.3) is 0 Å². The lowest BCUT2D eigenvalue weighted by Gasteiger charge is -2.14. The van der Waals surface area contributed by atoms with Gasteiger partial charge in [0, 0.05) is 28.0 Å². The van der Waals surface area contributed by atoms with Crippen LogP contribution in [0.1, 0.15) is 24.9 Å². The molecular weight excluding hydrogens is 432 g/mol. The van der Waals surface area contributed by atoms with Crippen LogP contribution in [0, 0.1) is 0 Å². The third kappa shape index (κ3) is 4.58. The van der Waals surface area contributed by atoms with E-state index in [1.165, 1.54) is 10.9 Å². The second-order valence-electron chi connectivity index (χ2n) is 5.78. The van der Waals surface area contributed by atoms with Gasteiger partial charge in [0.1, 0.15) is 11.1 Å². The molecule has 0 bridgehead atoms. The van der Waals surface area contributed by atoms with E-state index in [4.69, 9.17) is 46.4 Å². The Morgan fingerprint density at radius 1 is 1.15 bits per heavy atom. The SMILES string of the molecule is CCC(C(=O)Nc1nn(Cc2c(Cl)cccc2Cl)cc1Cl)n1cc(Cl)cn1. The van der Waals surface area contributed by atoms with Crippen LogP contribution < -0.4 is 5.32 Å². The molecule has 0 fully saturated rings. The average Bonchev–Trinajstić information content (AvgIpc) is 3.18. The Kier molecular flexibility index (Phi) is 6.32. The molecule has 1 aromatic carbocycles. The molecule has 0 saturated carbocycles. The highest BCUT2D eigenvalue weighted by molar-refractivity contribution is 6.36. The number of halogens is 4. The number of aromatic nitrogens is 4. The Morgan fingerprint density at radius 2 is 1.85 bits per heavy atom. The molecule has 0 aliphatic carbocycles. The molecule has 3 aromatic rings. The molecule has 1 atom stereocenters. The lowest BCUT2D eigenvalue weighted by molar-refractivity contribution is -0.119. The van der Waals surface area contributed by atoms with Gasteiger partial charge in [-0.25, -0.2) is 0 Å². The van der Waals surface area contributed by atoms with Crippen LogP contribution in [0.4, 0.5) is 5.82 Å². The molecule has 0 aliphatic heterocycles. The standard InChI is InChI=1S/C17H15Cl4N5O/c1-2-15(26-7-10(18)6-22-26)17(27)23-16-14(21)9-25(24-16)8-11-12(19)4-3-5-13(11)20/h3-7,9,15H,2,8H2,1H3,(H,23,24,27).